The molecule has 0 bridgehead atoms. The molecule has 0 spiro atoms. The van der Waals surface area contributed by atoms with Gasteiger partial charge in [-0.3, -0.25) is 24.8 Å². The Kier molecular flexibility index (Phi) is 3.43. The van der Waals surface area contributed by atoms with Crippen molar-refractivity contribution >= 4 is 23.0 Å². The third-order valence-corrected chi connectivity index (χ3v) is 2.69. The van der Waals surface area contributed by atoms with Gasteiger partial charge in [0.2, 0.25) is 0 Å². The summed E-state index contributed by atoms with van der Waals surface area (Å²) in [7, 11) is 0. The molecule has 19 heavy (non-hydrogen) atoms. The lowest BCUT2D eigenvalue weighted by Gasteiger charge is -2.03. The van der Waals surface area contributed by atoms with Crippen LogP contribution in [-0.4, -0.2) is 19.4 Å². The second kappa shape index (κ2) is 5.02. The molecular weight excluding hydrogens is 276 g/mol. The predicted octanol–water partition coefficient (Wildman–Crippen LogP) is 2.43. The first-order valence-electron chi connectivity index (χ1n) is 5.05. The number of nitro groups is 2. The predicted molar refractivity (Wildman–Crippen MR) is 66.4 cm³/mol. The zero-order valence-electron chi connectivity index (χ0n) is 9.39. The summed E-state index contributed by atoms with van der Waals surface area (Å²) in [5.41, 5.74) is 0.0367. The molecule has 98 valence electrons. The zero-order valence-corrected chi connectivity index (χ0v) is 10.1. The molecule has 9 heteroatoms. The average Bonchev–Trinajstić information content (AvgIpc) is 2.86. The summed E-state index contributed by atoms with van der Waals surface area (Å²) in [6.45, 7) is 0. The number of non-ortho nitro benzene ring substituents is 1. The van der Waals surface area contributed by atoms with E-state index in [1.54, 1.807) is 0 Å². The first kappa shape index (κ1) is 13.0. The van der Waals surface area contributed by atoms with Gasteiger partial charge in [0.25, 0.3) is 11.4 Å². The van der Waals surface area contributed by atoms with E-state index in [9.17, 15) is 20.2 Å². The molecule has 0 fully saturated rings. The molecule has 0 radical (unpaired) electrons. The molecule has 1 aromatic carbocycles. The highest BCUT2D eigenvalue weighted by Crippen LogP contribution is 2.27. The van der Waals surface area contributed by atoms with Crippen LogP contribution in [0.15, 0.2) is 30.7 Å². The van der Waals surface area contributed by atoms with Crippen LogP contribution < -0.4 is 0 Å². The van der Waals surface area contributed by atoms with Crippen molar-refractivity contribution in [3.63, 3.8) is 0 Å². The second-order valence-corrected chi connectivity index (χ2v) is 3.86. The lowest BCUT2D eigenvalue weighted by molar-refractivity contribution is -0.394. The summed E-state index contributed by atoms with van der Waals surface area (Å²) in [4.78, 5) is 24.2. The molecule has 1 heterocycles. The van der Waals surface area contributed by atoms with Gasteiger partial charge in [-0.2, -0.15) is 0 Å². The minimum atomic E-state index is -0.686. The standard InChI is InChI=1S/C10H7ClN4O4/c11-4-7-5-13(6-12-7)9-2-1-8(14(16)17)3-10(9)15(18)19/h1-3,5-6H,4H2. The van der Waals surface area contributed by atoms with Gasteiger partial charge >= 0.3 is 0 Å². The molecule has 0 aliphatic carbocycles. The number of aromatic nitrogens is 2. The highest BCUT2D eigenvalue weighted by molar-refractivity contribution is 6.16. The van der Waals surface area contributed by atoms with E-state index in [-0.39, 0.29) is 22.9 Å². The van der Waals surface area contributed by atoms with E-state index < -0.39 is 9.85 Å². The third kappa shape index (κ3) is 2.52. The molecule has 2 aromatic rings. The third-order valence-electron chi connectivity index (χ3n) is 2.42. The molecule has 0 unspecified atom stereocenters. The first-order chi connectivity index (χ1) is 9.02. The Bertz CT molecular complexity index is 655. The number of rotatable bonds is 4. The van der Waals surface area contributed by atoms with Gasteiger partial charge < -0.3 is 0 Å². The Balaban J connectivity index is 2.56. The number of nitro benzene ring substituents is 2. The van der Waals surface area contributed by atoms with Crippen LogP contribution in [0, 0.1) is 20.2 Å². The molecule has 0 amide bonds. The quantitative estimate of drug-likeness (QED) is 0.486. The van der Waals surface area contributed by atoms with Crippen LogP contribution in [0.3, 0.4) is 0 Å². The molecule has 0 saturated heterocycles. The Labute approximate surface area is 111 Å². The Morgan fingerprint density at radius 2 is 2.00 bits per heavy atom. The van der Waals surface area contributed by atoms with Crippen LogP contribution >= 0.6 is 11.6 Å². The van der Waals surface area contributed by atoms with E-state index in [2.05, 4.69) is 4.98 Å². The maximum atomic E-state index is 11.0. The van der Waals surface area contributed by atoms with Crippen LogP contribution in [0.2, 0.25) is 0 Å². The lowest BCUT2D eigenvalue weighted by Crippen LogP contribution is -1.99. The molecule has 0 aliphatic heterocycles. The smallest absolute Gasteiger partial charge is 0.300 e. The number of alkyl halides is 1. The summed E-state index contributed by atoms with van der Waals surface area (Å²) >= 11 is 5.60. The molecular formula is C10H7ClN4O4. The lowest BCUT2D eigenvalue weighted by atomic mass is 10.2. The maximum absolute atomic E-state index is 11.0. The summed E-state index contributed by atoms with van der Waals surface area (Å²) in [5.74, 6) is 0.174. The first-order valence-corrected chi connectivity index (χ1v) is 5.58. The monoisotopic (exact) mass is 282 g/mol. The van der Waals surface area contributed by atoms with Gasteiger partial charge in [-0.05, 0) is 6.07 Å². The van der Waals surface area contributed by atoms with Crippen LogP contribution in [0.5, 0.6) is 0 Å². The fourth-order valence-corrected chi connectivity index (χ4v) is 1.69. The number of hydrogen-bond donors (Lipinski definition) is 0. The van der Waals surface area contributed by atoms with Gasteiger partial charge in [0.1, 0.15) is 5.69 Å². The topological polar surface area (TPSA) is 104 Å². The van der Waals surface area contributed by atoms with Crippen molar-refractivity contribution < 1.29 is 9.85 Å². The number of hydrogen-bond acceptors (Lipinski definition) is 5. The van der Waals surface area contributed by atoms with Crippen molar-refractivity contribution in [3.05, 3.63) is 56.6 Å². The summed E-state index contributed by atoms with van der Waals surface area (Å²) in [6, 6.07) is 3.41. The Morgan fingerprint density at radius 3 is 2.53 bits per heavy atom. The zero-order chi connectivity index (χ0) is 14.0. The number of benzene rings is 1. The van der Waals surface area contributed by atoms with Gasteiger partial charge in [0.05, 0.1) is 33.8 Å². The van der Waals surface area contributed by atoms with Gasteiger partial charge in [0.15, 0.2) is 0 Å². The largest absolute Gasteiger partial charge is 0.300 e. The van der Waals surface area contributed by atoms with E-state index >= 15 is 0 Å². The van der Waals surface area contributed by atoms with E-state index in [1.165, 1.54) is 29.2 Å². The molecule has 0 aliphatic rings. The van der Waals surface area contributed by atoms with Gasteiger partial charge in [-0.1, -0.05) is 0 Å². The Morgan fingerprint density at radius 1 is 1.26 bits per heavy atom. The van der Waals surface area contributed by atoms with Gasteiger partial charge in [-0.15, -0.1) is 11.6 Å². The van der Waals surface area contributed by atoms with Gasteiger partial charge in [0, 0.05) is 12.3 Å². The normalized spacial score (nSPS) is 10.4. The van der Waals surface area contributed by atoms with E-state index in [0.29, 0.717) is 5.69 Å². The molecule has 0 atom stereocenters. The van der Waals surface area contributed by atoms with Crippen molar-refractivity contribution in [1.29, 1.82) is 0 Å². The summed E-state index contributed by atoms with van der Waals surface area (Å²) in [6.07, 6.45) is 2.90. The highest BCUT2D eigenvalue weighted by atomic mass is 35.5. The maximum Gasteiger partial charge on any atom is 0.300 e. The van der Waals surface area contributed by atoms with E-state index in [1.807, 2.05) is 0 Å². The molecule has 0 N–H and O–H groups in total. The fraction of sp³-hybridized carbons (Fsp3) is 0.100. The van der Waals surface area contributed by atoms with Crippen LogP contribution in [0.25, 0.3) is 5.69 Å². The van der Waals surface area contributed by atoms with Crippen LogP contribution in [0.4, 0.5) is 11.4 Å². The van der Waals surface area contributed by atoms with Crippen molar-refractivity contribution in [2.24, 2.45) is 0 Å². The molecule has 1 aromatic heterocycles. The van der Waals surface area contributed by atoms with Crippen LogP contribution in [0.1, 0.15) is 5.69 Å². The number of halogens is 1. The SMILES string of the molecule is O=[N+]([O-])c1ccc(-n2cnc(CCl)c2)c([N+](=O)[O-])c1. The fourth-order valence-electron chi connectivity index (χ4n) is 1.55. The summed E-state index contributed by atoms with van der Waals surface area (Å²) in [5, 5.41) is 21.6. The second-order valence-electron chi connectivity index (χ2n) is 3.59. The van der Waals surface area contributed by atoms with E-state index in [4.69, 9.17) is 11.6 Å². The van der Waals surface area contributed by atoms with Crippen molar-refractivity contribution in [2.75, 3.05) is 0 Å². The van der Waals surface area contributed by atoms with Crippen molar-refractivity contribution in [2.45, 2.75) is 5.88 Å². The van der Waals surface area contributed by atoms with Crippen molar-refractivity contribution in [1.82, 2.24) is 9.55 Å². The summed E-state index contributed by atoms with van der Waals surface area (Å²) < 4.78 is 1.40. The molecule has 2 rings (SSSR count). The molecule has 8 nitrogen and oxygen atoms in total. The highest BCUT2D eigenvalue weighted by Gasteiger charge is 2.20. The minimum absolute atomic E-state index is 0.174. The van der Waals surface area contributed by atoms with Gasteiger partial charge in [-0.25, -0.2) is 4.98 Å². The average molecular weight is 283 g/mol. The van der Waals surface area contributed by atoms with Crippen molar-refractivity contribution in [3.8, 4) is 5.69 Å². The minimum Gasteiger partial charge on any atom is -0.300 e. The molecule has 0 saturated carbocycles. The van der Waals surface area contributed by atoms with Crippen LogP contribution in [-0.2, 0) is 5.88 Å². The van der Waals surface area contributed by atoms with E-state index in [0.717, 1.165) is 6.07 Å². The number of imidazole rings is 1. The number of nitrogens with zero attached hydrogens (tertiary/aromatic N) is 4. The Hall–Kier alpha value is -2.48.